The minimum Gasteiger partial charge on any atom is -0.477 e. The third kappa shape index (κ3) is 6.86. The first-order chi connectivity index (χ1) is 12.2. The minimum absolute atomic E-state index is 0. The number of ether oxygens (including phenoxy) is 1. The molecule has 2 heterocycles. The highest BCUT2D eigenvalue weighted by Crippen LogP contribution is 2.29. The minimum atomic E-state index is 0. The number of aliphatic imine (C=N–C) groups is 1. The number of nitrogens with one attached hydrogen (secondary N) is 2. The number of aromatic nitrogens is 2. The maximum Gasteiger partial charge on any atom is 0.213 e. The Morgan fingerprint density at radius 3 is 2.85 bits per heavy atom. The van der Waals surface area contributed by atoms with Gasteiger partial charge >= 0.3 is 0 Å². The van der Waals surface area contributed by atoms with Crippen LogP contribution in [0.3, 0.4) is 0 Å². The highest BCUT2D eigenvalue weighted by molar-refractivity contribution is 14.0. The lowest BCUT2D eigenvalue weighted by Crippen LogP contribution is -2.36. The zero-order valence-corrected chi connectivity index (χ0v) is 17.8. The molecule has 2 aromatic heterocycles. The normalized spacial score (nSPS) is 13.8. The summed E-state index contributed by atoms with van der Waals surface area (Å²) in [5, 5.41) is 6.65. The second-order valence-corrected chi connectivity index (χ2v) is 6.49. The van der Waals surface area contributed by atoms with Crippen LogP contribution in [0.15, 0.2) is 41.8 Å². The van der Waals surface area contributed by atoms with Crippen molar-refractivity contribution >= 4 is 29.9 Å². The number of rotatable bonds is 8. The lowest BCUT2D eigenvalue weighted by atomic mass is 10.2. The maximum atomic E-state index is 5.75. The summed E-state index contributed by atoms with van der Waals surface area (Å²) < 4.78 is 7.78. The molecule has 6 nitrogen and oxygen atoms in total. The third-order valence-electron chi connectivity index (χ3n) is 4.08. The van der Waals surface area contributed by atoms with Crippen molar-refractivity contribution in [3.63, 3.8) is 0 Å². The number of guanidine groups is 1. The van der Waals surface area contributed by atoms with Gasteiger partial charge in [-0.2, -0.15) is 0 Å². The molecule has 1 aliphatic rings. The number of halogens is 1. The Morgan fingerprint density at radius 1 is 1.31 bits per heavy atom. The third-order valence-corrected chi connectivity index (χ3v) is 4.08. The lowest BCUT2D eigenvalue weighted by molar-refractivity contribution is 0.288. The van der Waals surface area contributed by atoms with E-state index in [4.69, 9.17) is 4.74 Å². The van der Waals surface area contributed by atoms with Gasteiger partial charge < -0.3 is 19.9 Å². The van der Waals surface area contributed by atoms with Crippen molar-refractivity contribution in [3.05, 3.63) is 47.9 Å². The molecule has 0 spiro atoms. The van der Waals surface area contributed by atoms with Gasteiger partial charge in [0, 0.05) is 44.8 Å². The van der Waals surface area contributed by atoms with Gasteiger partial charge in [0.05, 0.1) is 13.2 Å². The van der Waals surface area contributed by atoms with E-state index >= 15 is 0 Å². The summed E-state index contributed by atoms with van der Waals surface area (Å²) in [6.07, 6.45) is 8.48. The van der Waals surface area contributed by atoms with Crippen LogP contribution in [0.5, 0.6) is 5.88 Å². The van der Waals surface area contributed by atoms with E-state index in [0.717, 1.165) is 30.6 Å². The highest BCUT2D eigenvalue weighted by Gasteiger charge is 2.22. The Balaban J connectivity index is 0.00000243. The predicted octanol–water partition coefficient (Wildman–Crippen LogP) is 3.08. The largest absolute Gasteiger partial charge is 0.477 e. The summed E-state index contributed by atoms with van der Waals surface area (Å²) in [6.45, 7) is 5.01. The fourth-order valence-corrected chi connectivity index (χ4v) is 2.48. The molecule has 3 rings (SSSR count). The molecule has 0 amide bonds. The van der Waals surface area contributed by atoms with Crippen LogP contribution in [0.2, 0.25) is 0 Å². The van der Waals surface area contributed by atoms with Gasteiger partial charge in [-0.25, -0.2) is 9.98 Å². The number of pyridine rings is 1. The van der Waals surface area contributed by atoms with Crippen LogP contribution in [0, 0.1) is 5.92 Å². The first kappa shape index (κ1) is 20.5. The monoisotopic (exact) mass is 469 g/mol. The van der Waals surface area contributed by atoms with Crippen LogP contribution in [0.25, 0.3) is 0 Å². The molecule has 2 N–H and O–H groups in total. The molecule has 1 saturated carbocycles. The highest BCUT2D eigenvalue weighted by atomic mass is 127. The van der Waals surface area contributed by atoms with Crippen molar-refractivity contribution < 1.29 is 4.74 Å². The molecule has 0 bridgehead atoms. The van der Waals surface area contributed by atoms with Gasteiger partial charge in [0.15, 0.2) is 5.96 Å². The SMILES string of the molecule is CCNC(=NCc1ccn(C)c1)NCc1ccnc(OCC2CC2)c1.I. The number of hydrogen-bond acceptors (Lipinski definition) is 3. The van der Waals surface area contributed by atoms with Gasteiger partial charge in [-0.05, 0) is 48.9 Å². The second-order valence-electron chi connectivity index (χ2n) is 6.49. The summed E-state index contributed by atoms with van der Waals surface area (Å²) in [6, 6.07) is 6.08. The number of hydrogen-bond donors (Lipinski definition) is 2. The van der Waals surface area contributed by atoms with E-state index in [2.05, 4.69) is 39.8 Å². The molecule has 0 unspecified atom stereocenters. The topological polar surface area (TPSA) is 63.5 Å². The maximum absolute atomic E-state index is 5.75. The van der Waals surface area contributed by atoms with Gasteiger partial charge in [0.1, 0.15) is 0 Å². The van der Waals surface area contributed by atoms with Gasteiger partial charge in [-0.15, -0.1) is 24.0 Å². The molecule has 0 atom stereocenters. The van der Waals surface area contributed by atoms with Crippen LogP contribution in [-0.2, 0) is 20.1 Å². The molecule has 1 aliphatic carbocycles. The predicted molar refractivity (Wildman–Crippen MR) is 115 cm³/mol. The second kappa shape index (κ2) is 10.4. The van der Waals surface area contributed by atoms with E-state index in [-0.39, 0.29) is 24.0 Å². The van der Waals surface area contributed by atoms with Gasteiger partial charge in [-0.1, -0.05) is 0 Å². The van der Waals surface area contributed by atoms with E-state index in [0.29, 0.717) is 19.0 Å². The molecular formula is C19H28IN5O. The quantitative estimate of drug-likeness (QED) is 0.355. The molecule has 0 aromatic carbocycles. The zero-order valence-electron chi connectivity index (χ0n) is 15.4. The summed E-state index contributed by atoms with van der Waals surface area (Å²) in [7, 11) is 2.02. The summed E-state index contributed by atoms with van der Waals surface area (Å²) in [5.74, 6) is 2.25. The Hall–Kier alpha value is -1.77. The first-order valence-corrected chi connectivity index (χ1v) is 8.93. The van der Waals surface area contributed by atoms with Crippen LogP contribution in [0.1, 0.15) is 30.9 Å². The van der Waals surface area contributed by atoms with E-state index in [1.807, 2.05) is 29.9 Å². The molecule has 0 saturated heterocycles. The number of nitrogens with zero attached hydrogens (tertiary/aromatic N) is 3. The molecule has 1 fully saturated rings. The van der Waals surface area contributed by atoms with Gasteiger partial charge in [0.25, 0.3) is 0 Å². The summed E-state index contributed by atoms with van der Waals surface area (Å²) in [4.78, 5) is 8.92. The van der Waals surface area contributed by atoms with Crippen molar-refractivity contribution in [2.45, 2.75) is 32.9 Å². The molecule has 0 aliphatic heterocycles. The smallest absolute Gasteiger partial charge is 0.213 e. The lowest BCUT2D eigenvalue weighted by Gasteiger charge is -2.12. The Morgan fingerprint density at radius 2 is 2.15 bits per heavy atom. The Labute approximate surface area is 172 Å². The van der Waals surface area contributed by atoms with Crippen LogP contribution in [0.4, 0.5) is 0 Å². The van der Waals surface area contributed by atoms with E-state index in [1.165, 1.54) is 18.4 Å². The first-order valence-electron chi connectivity index (χ1n) is 8.93. The molecule has 26 heavy (non-hydrogen) atoms. The summed E-state index contributed by atoms with van der Waals surface area (Å²) >= 11 is 0. The Bertz CT molecular complexity index is 711. The van der Waals surface area contributed by atoms with Crippen molar-refractivity contribution in [1.29, 1.82) is 0 Å². The Kier molecular flexibility index (Phi) is 8.21. The zero-order chi connectivity index (χ0) is 17.5. The fraction of sp³-hybridized carbons (Fsp3) is 0.474. The van der Waals surface area contributed by atoms with E-state index in [9.17, 15) is 0 Å². The number of aryl methyl sites for hydroxylation is 1. The van der Waals surface area contributed by atoms with Crippen LogP contribution >= 0.6 is 24.0 Å². The summed E-state index contributed by atoms with van der Waals surface area (Å²) in [5.41, 5.74) is 2.32. The molecule has 2 aromatic rings. The fourth-order valence-electron chi connectivity index (χ4n) is 2.48. The average molecular weight is 469 g/mol. The van der Waals surface area contributed by atoms with Crippen molar-refractivity contribution in [1.82, 2.24) is 20.2 Å². The molecule has 7 heteroatoms. The van der Waals surface area contributed by atoms with Crippen molar-refractivity contribution in [2.75, 3.05) is 13.2 Å². The van der Waals surface area contributed by atoms with Crippen LogP contribution < -0.4 is 15.4 Å². The van der Waals surface area contributed by atoms with Gasteiger partial charge in [0.2, 0.25) is 5.88 Å². The average Bonchev–Trinajstić information content (AvgIpc) is 3.36. The van der Waals surface area contributed by atoms with E-state index < -0.39 is 0 Å². The standard InChI is InChI=1S/C19H27N5O.HI/c1-3-20-19(23-12-17-7-9-24(2)13-17)22-11-16-6-8-21-18(10-16)25-14-15-4-5-15;/h6-10,13,15H,3-5,11-12,14H2,1-2H3,(H2,20,22,23);1H. The van der Waals surface area contributed by atoms with Crippen molar-refractivity contribution in [2.24, 2.45) is 18.0 Å². The van der Waals surface area contributed by atoms with Crippen molar-refractivity contribution in [3.8, 4) is 5.88 Å². The molecule has 0 radical (unpaired) electrons. The van der Waals surface area contributed by atoms with Gasteiger partial charge in [-0.3, -0.25) is 0 Å². The van der Waals surface area contributed by atoms with Crippen LogP contribution in [-0.4, -0.2) is 28.7 Å². The molecular weight excluding hydrogens is 441 g/mol. The molecule has 142 valence electrons. The van der Waals surface area contributed by atoms with E-state index in [1.54, 1.807) is 6.20 Å².